The van der Waals surface area contributed by atoms with Crippen LogP contribution in [0.2, 0.25) is 5.02 Å². The zero-order valence-corrected chi connectivity index (χ0v) is 15.4. The SMILES string of the molecule is C=CCN1C[C@H](c2nc(C3CC3)nn2-c2cc(Cl)ccc2OC)CC1=O. The van der Waals surface area contributed by atoms with Gasteiger partial charge in [0.15, 0.2) is 5.82 Å². The molecular formula is C19H21ClN4O2. The zero-order chi connectivity index (χ0) is 18.3. The van der Waals surface area contributed by atoms with Crippen LogP contribution in [0.4, 0.5) is 0 Å². The summed E-state index contributed by atoms with van der Waals surface area (Å²) in [4.78, 5) is 18.9. The molecule has 136 valence electrons. The third-order valence-electron chi connectivity index (χ3n) is 4.89. The lowest BCUT2D eigenvalue weighted by atomic mass is 10.1. The fourth-order valence-electron chi connectivity index (χ4n) is 3.40. The molecule has 2 fully saturated rings. The Morgan fingerprint density at radius 2 is 2.19 bits per heavy atom. The van der Waals surface area contributed by atoms with Crippen molar-refractivity contribution in [2.45, 2.75) is 31.1 Å². The van der Waals surface area contributed by atoms with Crippen LogP contribution in [0, 0.1) is 0 Å². The van der Waals surface area contributed by atoms with Crippen molar-refractivity contribution in [3.8, 4) is 11.4 Å². The maximum Gasteiger partial charge on any atom is 0.223 e. The average molecular weight is 373 g/mol. The number of halogens is 1. The molecule has 1 amide bonds. The summed E-state index contributed by atoms with van der Waals surface area (Å²) in [6.07, 6.45) is 4.41. The lowest BCUT2D eigenvalue weighted by molar-refractivity contribution is -0.127. The van der Waals surface area contributed by atoms with Crippen molar-refractivity contribution in [1.82, 2.24) is 19.7 Å². The summed E-state index contributed by atoms with van der Waals surface area (Å²) in [7, 11) is 1.62. The van der Waals surface area contributed by atoms with Gasteiger partial charge in [-0.05, 0) is 31.0 Å². The summed E-state index contributed by atoms with van der Waals surface area (Å²) in [5.41, 5.74) is 0.754. The second-order valence-corrected chi connectivity index (χ2v) is 7.26. The predicted molar refractivity (Wildman–Crippen MR) is 99.0 cm³/mol. The Kier molecular flexibility index (Phi) is 4.44. The van der Waals surface area contributed by atoms with Gasteiger partial charge in [0.25, 0.3) is 0 Å². The summed E-state index contributed by atoms with van der Waals surface area (Å²) in [6, 6.07) is 5.43. The van der Waals surface area contributed by atoms with Gasteiger partial charge in [-0.2, -0.15) is 5.10 Å². The first kappa shape index (κ1) is 17.1. The summed E-state index contributed by atoms with van der Waals surface area (Å²) < 4.78 is 7.31. The van der Waals surface area contributed by atoms with Crippen LogP contribution in [0.15, 0.2) is 30.9 Å². The molecule has 1 atom stereocenters. The smallest absolute Gasteiger partial charge is 0.223 e. The first-order chi connectivity index (χ1) is 12.6. The third-order valence-corrected chi connectivity index (χ3v) is 5.12. The van der Waals surface area contributed by atoms with Crippen molar-refractivity contribution >= 4 is 17.5 Å². The largest absolute Gasteiger partial charge is 0.494 e. The first-order valence-corrected chi connectivity index (χ1v) is 9.18. The lowest BCUT2D eigenvalue weighted by Gasteiger charge is -2.15. The van der Waals surface area contributed by atoms with E-state index in [0.717, 1.165) is 30.2 Å². The topological polar surface area (TPSA) is 60.3 Å². The number of carbonyl (C=O) groups is 1. The normalized spacial score (nSPS) is 19.8. The molecule has 2 aromatic rings. The molecular weight excluding hydrogens is 352 g/mol. The Balaban J connectivity index is 1.77. The number of hydrogen-bond donors (Lipinski definition) is 0. The first-order valence-electron chi connectivity index (χ1n) is 8.80. The average Bonchev–Trinajstić information content (AvgIpc) is 3.28. The maximum atomic E-state index is 12.3. The van der Waals surface area contributed by atoms with Gasteiger partial charge in [-0.15, -0.1) is 6.58 Å². The molecule has 1 saturated heterocycles. The van der Waals surface area contributed by atoms with Crippen molar-refractivity contribution in [3.63, 3.8) is 0 Å². The highest BCUT2D eigenvalue weighted by molar-refractivity contribution is 6.30. The third kappa shape index (κ3) is 3.09. The minimum Gasteiger partial charge on any atom is -0.494 e. The van der Waals surface area contributed by atoms with E-state index >= 15 is 0 Å². The summed E-state index contributed by atoms with van der Waals surface area (Å²) in [5, 5.41) is 5.35. The van der Waals surface area contributed by atoms with Crippen LogP contribution >= 0.6 is 11.6 Å². The van der Waals surface area contributed by atoms with E-state index in [4.69, 9.17) is 26.4 Å². The van der Waals surface area contributed by atoms with Gasteiger partial charge in [-0.1, -0.05) is 17.7 Å². The highest BCUT2D eigenvalue weighted by atomic mass is 35.5. The Labute approximate surface area is 157 Å². The standard InChI is InChI=1S/C19H21ClN4O2/c1-3-8-23-11-13(9-17(23)25)19-21-18(12-4-5-12)22-24(19)15-10-14(20)6-7-16(15)26-2/h3,6-7,10,12-13H,1,4-5,8-9,11H2,2H3/t13-/m1/s1. The lowest BCUT2D eigenvalue weighted by Crippen LogP contribution is -2.25. The molecule has 1 saturated carbocycles. The second-order valence-electron chi connectivity index (χ2n) is 6.82. The number of rotatable bonds is 6. The van der Waals surface area contributed by atoms with Gasteiger partial charge >= 0.3 is 0 Å². The van der Waals surface area contributed by atoms with E-state index in [1.807, 2.05) is 21.7 Å². The van der Waals surface area contributed by atoms with Crippen molar-refractivity contribution in [3.05, 3.63) is 47.5 Å². The molecule has 7 heteroatoms. The van der Waals surface area contributed by atoms with Crippen LogP contribution in [0.5, 0.6) is 5.75 Å². The number of amides is 1. The maximum absolute atomic E-state index is 12.3. The van der Waals surface area contributed by atoms with Gasteiger partial charge in [0.05, 0.1) is 7.11 Å². The number of benzene rings is 1. The van der Waals surface area contributed by atoms with E-state index in [1.54, 1.807) is 19.3 Å². The molecule has 26 heavy (non-hydrogen) atoms. The number of aromatic nitrogens is 3. The van der Waals surface area contributed by atoms with Crippen LogP contribution in [0.1, 0.15) is 42.7 Å². The van der Waals surface area contributed by atoms with Crippen LogP contribution < -0.4 is 4.74 Å². The number of ether oxygens (including phenoxy) is 1. The van der Waals surface area contributed by atoms with Crippen molar-refractivity contribution in [1.29, 1.82) is 0 Å². The molecule has 1 aliphatic heterocycles. The Bertz CT molecular complexity index is 859. The molecule has 0 bridgehead atoms. The molecule has 2 aliphatic rings. The molecule has 1 aliphatic carbocycles. The number of hydrogen-bond acceptors (Lipinski definition) is 4. The second kappa shape index (κ2) is 6.76. The van der Waals surface area contributed by atoms with E-state index in [9.17, 15) is 4.79 Å². The number of carbonyl (C=O) groups excluding carboxylic acids is 1. The molecule has 6 nitrogen and oxygen atoms in total. The predicted octanol–water partition coefficient (Wildman–Crippen LogP) is 3.31. The Morgan fingerprint density at radius 3 is 2.88 bits per heavy atom. The highest BCUT2D eigenvalue weighted by Gasteiger charge is 2.36. The van der Waals surface area contributed by atoms with Gasteiger partial charge < -0.3 is 9.64 Å². The fourth-order valence-corrected chi connectivity index (χ4v) is 3.57. The van der Waals surface area contributed by atoms with E-state index in [0.29, 0.717) is 36.2 Å². The van der Waals surface area contributed by atoms with Gasteiger partial charge in [0, 0.05) is 36.4 Å². The van der Waals surface area contributed by atoms with Gasteiger partial charge in [-0.25, -0.2) is 9.67 Å². The quantitative estimate of drug-likeness (QED) is 0.730. The molecule has 0 N–H and O–H groups in total. The fraction of sp³-hybridized carbons (Fsp3) is 0.421. The summed E-state index contributed by atoms with van der Waals surface area (Å²) >= 11 is 6.21. The molecule has 1 aromatic carbocycles. The van der Waals surface area contributed by atoms with Crippen LogP contribution in [-0.4, -0.2) is 45.8 Å². The van der Waals surface area contributed by atoms with Crippen LogP contribution in [-0.2, 0) is 4.79 Å². The number of methoxy groups -OCH3 is 1. The van der Waals surface area contributed by atoms with Crippen LogP contribution in [0.25, 0.3) is 5.69 Å². The molecule has 1 aromatic heterocycles. The minimum absolute atomic E-state index is 0.00821. The van der Waals surface area contributed by atoms with Gasteiger partial charge in [-0.3, -0.25) is 4.79 Å². The summed E-state index contributed by atoms with van der Waals surface area (Å²) in [6.45, 7) is 4.91. The van der Waals surface area contributed by atoms with E-state index < -0.39 is 0 Å². The summed E-state index contributed by atoms with van der Waals surface area (Å²) in [5.74, 6) is 2.85. The van der Waals surface area contributed by atoms with E-state index in [2.05, 4.69) is 6.58 Å². The molecule has 0 unspecified atom stereocenters. The van der Waals surface area contributed by atoms with E-state index in [-0.39, 0.29) is 11.8 Å². The van der Waals surface area contributed by atoms with Gasteiger partial charge in [0.2, 0.25) is 5.91 Å². The molecule has 0 radical (unpaired) electrons. The van der Waals surface area contributed by atoms with Gasteiger partial charge in [0.1, 0.15) is 17.3 Å². The monoisotopic (exact) mass is 372 g/mol. The minimum atomic E-state index is -0.00821. The van der Waals surface area contributed by atoms with Crippen molar-refractivity contribution in [2.24, 2.45) is 0 Å². The van der Waals surface area contributed by atoms with Crippen molar-refractivity contribution in [2.75, 3.05) is 20.2 Å². The number of likely N-dealkylation sites (tertiary alicyclic amines) is 1. The Hall–Kier alpha value is -2.34. The molecule has 0 spiro atoms. The molecule has 2 heterocycles. The van der Waals surface area contributed by atoms with Crippen molar-refractivity contribution < 1.29 is 9.53 Å². The number of nitrogens with zero attached hydrogens (tertiary/aromatic N) is 4. The van der Waals surface area contributed by atoms with Crippen LogP contribution in [0.3, 0.4) is 0 Å². The van der Waals surface area contributed by atoms with E-state index in [1.165, 1.54) is 0 Å². The zero-order valence-electron chi connectivity index (χ0n) is 14.7. The Morgan fingerprint density at radius 1 is 1.38 bits per heavy atom. The highest BCUT2D eigenvalue weighted by Crippen LogP contribution is 2.40. The molecule has 4 rings (SSSR count).